The number of hydrazine groups is 1. The van der Waals surface area contributed by atoms with Crippen LogP contribution in [-0.2, 0) is 59.4 Å². The highest BCUT2D eigenvalue weighted by Crippen LogP contribution is 2.42. The number of amides is 4. The fourth-order valence-electron chi connectivity index (χ4n) is 9.82. The minimum atomic E-state index is -3.61. The third kappa shape index (κ3) is 10.1. The van der Waals surface area contributed by atoms with Crippen molar-refractivity contribution in [3.8, 4) is 28.1 Å². The predicted octanol–water partition coefficient (Wildman–Crippen LogP) is 5.65. The second-order valence-electron chi connectivity index (χ2n) is 19.0. The smallest absolute Gasteiger partial charge is 0.331 e. The molecule has 0 radical (unpaired) electrons. The lowest BCUT2D eigenvalue weighted by molar-refractivity contribution is -0.176. The number of rotatable bonds is 10. The number of nitrogens with zero attached hydrogens (tertiary/aromatic N) is 5. The van der Waals surface area contributed by atoms with Crippen molar-refractivity contribution in [2.24, 2.45) is 17.3 Å². The second kappa shape index (κ2) is 19.6. The number of halogens is 2. The molecule has 0 spiro atoms. The molecule has 0 unspecified atom stereocenters. The molecule has 0 aliphatic carbocycles. The number of cyclic esters (lactones) is 1. The average Bonchev–Trinajstić information content (AvgIpc) is 3.90. The van der Waals surface area contributed by atoms with E-state index in [-0.39, 0.29) is 37.1 Å². The van der Waals surface area contributed by atoms with Gasteiger partial charge in [0.15, 0.2) is 6.04 Å². The molecule has 3 aliphatic rings. The molecule has 67 heavy (non-hydrogen) atoms. The largest absolute Gasteiger partial charge is 0.508 e. The minimum Gasteiger partial charge on any atom is -0.508 e. The number of nitrogens with one attached hydrogen (secondary N) is 2. The molecule has 4 atom stereocenters. The van der Waals surface area contributed by atoms with Gasteiger partial charge in [-0.05, 0) is 89.9 Å². The molecule has 6 bridgehead atoms. The summed E-state index contributed by atoms with van der Waals surface area (Å²) in [5.41, 5.74) is 7.89. The van der Waals surface area contributed by atoms with Crippen molar-refractivity contribution in [2.45, 2.75) is 97.5 Å². The Labute approximate surface area is 389 Å². The van der Waals surface area contributed by atoms with Gasteiger partial charge in [-0.2, -0.15) is 0 Å². The van der Waals surface area contributed by atoms with E-state index in [0.717, 1.165) is 43.9 Å². The Morgan fingerprint density at radius 3 is 2.58 bits per heavy atom. The fraction of sp³-hybridized carbons (Fsp3) is 0.480. The van der Waals surface area contributed by atoms with Crippen molar-refractivity contribution in [1.82, 2.24) is 35.1 Å². The van der Waals surface area contributed by atoms with Gasteiger partial charge in [-0.3, -0.25) is 34.0 Å². The van der Waals surface area contributed by atoms with Gasteiger partial charge in [-0.15, -0.1) is 0 Å². The number of methoxy groups -OCH3 is 1. The number of aromatic nitrogens is 2. The number of carbonyl (C=O) groups is 5. The molecule has 4 amide bonds. The number of hydrogen-bond donors (Lipinski definition) is 3. The van der Waals surface area contributed by atoms with Crippen LogP contribution in [0.2, 0.25) is 0 Å². The maximum Gasteiger partial charge on any atom is 0.331 e. The monoisotopic (exact) mass is 925 g/mol. The summed E-state index contributed by atoms with van der Waals surface area (Å²) in [6.07, 6.45) is 4.34. The van der Waals surface area contributed by atoms with Crippen LogP contribution in [0.25, 0.3) is 33.3 Å². The third-order valence-electron chi connectivity index (χ3n) is 13.1. The summed E-state index contributed by atoms with van der Waals surface area (Å²) in [7, 11) is 3.12. The zero-order valence-electron chi connectivity index (χ0n) is 39.2. The lowest BCUT2D eigenvalue weighted by atomic mass is 9.84. The van der Waals surface area contributed by atoms with Crippen molar-refractivity contribution >= 4 is 40.5 Å². The molecule has 358 valence electrons. The Bertz CT molecular complexity index is 2580. The number of esters is 1. The van der Waals surface area contributed by atoms with Gasteiger partial charge in [-0.1, -0.05) is 46.4 Å². The number of benzene rings is 2. The summed E-state index contributed by atoms with van der Waals surface area (Å²) >= 11 is 0. The number of fused-ring (bicyclic) bond motifs is 6. The number of hydrogen-bond acceptors (Lipinski definition) is 10. The number of aryl methyl sites for hydroxylation is 1. The van der Waals surface area contributed by atoms with Crippen molar-refractivity contribution in [3.63, 3.8) is 0 Å². The molecule has 0 saturated carbocycles. The zero-order chi connectivity index (χ0) is 48.5. The van der Waals surface area contributed by atoms with Crippen LogP contribution in [0, 0.1) is 17.3 Å². The van der Waals surface area contributed by atoms with Crippen LogP contribution >= 0.6 is 0 Å². The summed E-state index contributed by atoms with van der Waals surface area (Å²) in [4.78, 5) is 76.5. The number of carbonyl (C=O) groups excluding carboxylic acids is 5. The van der Waals surface area contributed by atoms with Gasteiger partial charge in [0.2, 0.25) is 17.7 Å². The van der Waals surface area contributed by atoms with Crippen LogP contribution in [-0.4, -0.2) is 124 Å². The molecule has 3 aliphatic heterocycles. The highest BCUT2D eigenvalue weighted by Gasteiger charge is 2.51. The van der Waals surface area contributed by atoms with Gasteiger partial charge in [0.25, 0.3) is 11.8 Å². The Hall–Kier alpha value is -6.20. The van der Waals surface area contributed by atoms with Gasteiger partial charge >= 0.3 is 5.97 Å². The van der Waals surface area contributed by atoms with Gasteiger partial charge in [-0.25, -0.2) is 14.2 Å². The molecule has 5 heterocycles. The molecule has 4 aromatic rings. The topological polar surface area (TPSA) is 176 Å². The van der Waals surface area contributed by atoms with Crippen LogP contribution in [0.3, 0.4) is 0 Å². The molecule has 2 saturated heterocycles. The Kier molecular flexibility index (Phi) is 14.2. The normalized spacial score (nSPS) is 21.1. The quantitative estimate of drug-likeness (QED) is 0.133. The van der Waals surface area contributed by atoms with E-state index in [4.69, 9.17) is 9.47 Å². The number of likely N-dealkylation sites (N-methyl/N-ethyl adjacent to an activating group) is 1. The molecule has 3 N–H and O–H groups in total. The molecular formula is C50H61F2N7O8. The lowest BCUT2D eigenvalue weighted by Gasteiger charge is -2.40. The molecule has 2 fully saturated rings. The summed E-state index contributed by atoms with van der Waals surface area (Å²) in [6.45, 7) is 13.5. The first kappa shape index (κ1) is 48.7. The molecule has 17 heteroatoms. The third-order valence-corrected chi connectivity index (χ3v) is 13.1. The van der Waals surface area contributed by atoms with Gasteiger partial charge in [0.05, 0.1) is 24.8 Å². The Morgan fingerprint density at radius 1 is 1.12 bits per heavy atom. The van der Waals surface area contributed by atoms with E-state index in [1.807, 2.05) is 45.0 Å². The van der Waals surface area contributed by atoms with E-state index in [9.17, 15) is 29.1 Å². The van der Waals surface area contributed by atoms with Crippen LogP contribution < -0.4 is 10.7 Å². The lowest BCUT2D eigenvalue weighted by Crippen LogP contribution is -2.67. The molecule has 7 rings (SSSR count). The number of pyridine rings is 1. The van der Waals surface area contributed by atoms with Gasteiger partial charge in [0.1, 0.15) is 17.8 Å². The fourth-order valence-corrected chi connectivity index (χ4v) is 9.82. The Balaban J connectivity index is 1.33. The predicted molar refractivity (Wildman–Crippen MR) is 247 cm³/mol. The minimum absolute atomic E-state index is 0.114. The number of alkyl halides is 2. The number of likely N-dealkylation sites (tertiary alicyclic amines) is 1. The van der Waals surface area contributed by atoms with Gasteiger partial charge in [0, 0.05) is 87.5 Å². The van der Waals surface area contributed by atoms with Crippen molar-refractivity contribution in [2.75, 3.05) is 40.4 Å². The van der Waals surface area contributed by atoms with E-state index in [1.165, 1.54) is 29.0 Å². The number of phenols is 1. The van der Waals surface area contributed by atoms with Crippen molar-refractivity contribution < 1.29 is 47.3 Å². The second-order valence-corrected chi connectivity index (χ2v) is 19.0. The standard InChI is InChI=1S/C50H61F2N7O8/c1-9-41(61)57-17-14-32(26-57)46(63)56(7)42(29(3)4)45(62)54-39-21-30-19-34(22-35(60)20-30)31-11-12-40-36(23-31)37(43(58(40)10-2)38-25-53-16-13-33(38)27-66-8)24-49(5,6)28-67-48(65)44-50(51,52)15-18-59(55-44)47(39)64/h9,11-13,16,19-20,22-23,25,29,32,39,42,44,55,60H,1,10,14-15,17-18,21,24,26-28H2,2-8H3,(H,54,62)/t32-,39-,42-,44+/m0/s1. The average molecular weight is 926 g/mol. The first-order valence-corrected chi connectivity index (χ1v) is 22.8. The summed E-state index contributed by atoms with van der Waals surface area (Å²) in [6, 6.07) is 8.02. The first-order chi connectivity index (χ1) is 31.8. The highest BCUT2D eigenvalue weighted by molar-refractivity contribution is 5.96. The first-order valence-electron chi connectivity index (χ1n) is 22.8. The van der Waals surface area contributed by atoms with Crippen LogP contribution in [0.4, 0.5) is 8.78 Å². The summed E-state index contributed by atoms with van der Waals surface area (Å²) in [5.74, 6) is -8.14. The highest BCUT2D eigenvalue weighted by atomic mass is 19.3. The SMILES string of the molecule is C=CC(=O)N1CC[C@H](C(=O)N(C)[C@H](C(=O)N[C@H]2Cc3cc(O)cc(c3)-c3ccc4c(c3)c(c(-c3cnccc3COC)n4CC)CC(C)(C)COC(=O)[C@H]3NN(CCC3(F)F)C2=O)C(C)C)C1. The number of phenolic OH excluding ortho intramolecular Hbond substituents is 1. The van der Waals surface area contributed by atoms with Crippen LogP contribution in [0.5, 0.6) is 5.75 Å². The number of aromatic hydroxyl groups is 1. The Morgan fingerprint density at radius 2 is 1.88 bits per heavy atom. The summed E-state index contributed by atoms with van der Waals surface area (Å²) < 4.78 is 45.1. The summed E-state index contributed by atoms with van der Waals surface area (Å²) in [5, 5.41) is 15.9. The van der Waals surface area contributed by atoms with E-state index < -0.39 is 72.0 Å². The van der Waals surface area contributed by atoms with E-state index in [1.54, 1.807) is 45.5 Å². The van der Waals surface area contributed by atoms with Crippen LogP contribution in [0.15, 0.2) is 67.5 Å². The number of ether oxygens (including phenoxy) is 2. The molecule has 15 nitrogen and oxygen atoms in total. The molecule has 2 aromatic heterocycles. The van der Waals surface area contributed by atoms with E-state index >= 15 is 8.78 Å². The van der Waals surface area contributed by atoms with E-state index in [0.29, 0.717) is 43.7 Å². The maximum absolute atomic E-state index is 15.8. The van der Waals surface area contributed by atoms with E-state index in [2.05, 4.69) is 26.9 Å². The van der Waals surface area contributed by atoms with Crippen LogP contribution in [0.1, 0.15) is 64.2 Å². The molecular weight excluding hydrogens is 865 g/mol. The molecule has 2 aromatic carbocycles. The van der Waals surface area contributed by atoms with Crippen molar-refractivity contribution in [3.05, 3.63) is 84.2 Å². The van der Waals surface area contributed by atoms with Gasteiger partial charge < -0.3 is 34.3 Å². The maximum atomic E-state index is 15.8. The zero-order valence-corrected chi connectivity index (χ0v) is 39.2. The van der Waals surface area contributed by atoms with Crippen molar-refractivity contribution in [1.29, 1.82) is 0 Å².